The Morgan fingerprint density at radius 2 is 0.784 bits per heavy atom. The summed E-state index contributed by atoms with van der Waals surface area (Å²) in [6, 6.07) is -0.915. The summed E-state index contributed by atoms with van der Waals surface area (Å²) in [7, 11) is 0. The molecule has 2 rings (SSSR count). The molecule has 0 aromatic heterocycles. The predicted molar refractivity (Wildman–Crippen MR) is 360 cm³/mol. The van der Waals surface area contributed by atoms with Gasteiger partial charge in [0.15, 0.2) is 12.6 Å². The third kappa shape index (κ3) is 42.0. The molecule has 88 heavy (non-hydrogen) atoms. The molecule has 0 radical (unpaired) electrons. The topological polar surface area (TPSA) is 228 Å². The fraction of sp³-hybridized carbons (Fsp3) is 0.851. The van der Waals surface area contributed by atoms with Crippen molar-refractivity contribution < 1.29 is 64.6 Å². The highest BCUT2D eigenvalue weighted by atomic mass is 16.7. The second-order valence-electron chi connectivity index (χ2n) is 25.7. The second kappa shape index (κ2) is 58.5. The summed E-state index contributed by atoms with van der Waals surface area (Å²) in [4.78, 5) is 13.3. The van der Waals surface area contributed by atoms with Gasteiger partial charge in [0.2, 0.25) is 5.91 Å². The van der Waals surface area contributed by atoms with Crippen LogP contribution in [0.3, 0.4) is 0 Å². The SMILES string of the molecule is CC/C=C\C/C=C\C/C=C\C/C=C\CCCCCCCCCCCCCCCCCCCCCCCCC(=O)NC(COC1OC(CO)C(OC2OC(CO)C(O)C(O)C2O)C(O)C1O)C(O)/C=C/CCCCCCCCCCCCCCCCCCC. The number of hydrogen-bond donors (Lipinski definition) is 9. The molecule has 14 heteroatoms. The van der Waals surface area contributed by atoms with Crippen molar-refractivity contribution in [3.05, 3.63) is 60.8 Å². The van der Waals surface area contributed by atoms with Crippen molar-refractivity contribution in [2.75, 3.05) is 19.8 Å². The van der Waals surface area contributed by atoms with Crippen molar-refractivity contribution in [3.63, 3.8) is 0 Å². The summed E-state index contributed by atoms with van der Waals surface area (Å²) in [5.74, 6) is -0.234. The van der Waals surface area contributed by atoms with Gasteiger partial charge >= 0.3 is 0 Å². The summed E-state index contributed by atoms with van der Waals surface area (Å²) in [6.07, 6.45) is 61.4. The minimum atomic E-state index is -1.79. The fourth-order valence-electron chi connectivity index (χ4n) is 11.9. The molecule has 9 N–H and O–H groups in total. The molecule has 0 spiro atoms. The third-order valence-corrected chi connectivity index (χ3v) is 17.7. The fourth-order valence-corrected chi connectivity index (χ4v) is 11.9. The van der Waals surface area contributed by atoms with Crippen LogP contribution >= 0.6 is 0 Å². The number of aliphatic hydroxyl groups is 8. The highest BCUT2D eigenvalue weighted by Gasteiger charge is 2.51. The van der Waals surface area contributed by atoms with Crippen molar-refractivity contribution in [2.24, 2.45) is 0 Å². The highest BCUT2D eigenvalue weighted by molar-refractivity contribution is 5.76. The summed E-state index contributed by atoms with van der Waals surface area (Å²) < 4.78 is 22.9. The molecule has 514 valence electrons. The summed E-state index contributed by atoms with van der Waals surface area (Å²) in [6.45, 7) is 2.73. The van der Waals surface area contributed by atoms with Gasteiger partial charge in [0.05, 0.1) is 32.0 Å². The smallest absolute Gasteiger partial charge is 0.220 e. The molecular weight excluding hydrogens is 1110 g/mol. The number of rotatable bonds is 60. The molecule has 12 unspecified atom stereocenters. The maximum atomic E-state index is 13.3. The Bertz CT molecular complexity index is 1710. The summed E-state index contributed by atoms with van der Waals surface area (Å²) >= 11 is 0. The zero-order chi connectivity index (χ0) is 63.8. The van der Waals surface area contributed by atoms with Crippen LogP contribution in [0.5, 0.6) is 0 Å². The van der Waals surface area contributed by atoms with Crippen LogP contribution < -0.4 is 5.32 Å². The van der Waals surface area contributed by atoms with Crippen LogP contribution in [-0.2, 0) is 23.7 Å². The molecule has 12 atom stereocenters. The van der Waals surface area contributed by atoms with E-state index in [9.17, 15) is 45.6 Å². The van der Waals surface area contributed by atoms with Gasteiger partial charge < -0.3 is 65.1 Å². The van der Waals surface area contributed by atoms with E-state index in [4.69, 9.17) is 18.9 Å². The van der Waals surface area contributed by atoms with Crippen LogP contribution in [0.4, 0.5) is 0 Å². The lowest BCUT2D eigenvalue weighted by atomic mass is 9.97. The molecule has 2 heterocycles. The van der Waals surface area contributed by atoms with Gasteiger partial charge in [-0.2, -0.15) is 0 Å². The van der Waals surface area contributed by atoms with E-state index in [1.807, 2.05) is 6.08 Å². The zero-order valence-corrected chi connectivity index (χ0v) is 56.0. The van der Waals surface area contributed by atoms with Crippen LogP contribution in [0.2, 0.25) is 0 Å². The number of unbranched alkanes of at least 4 members (excludes halogenated alkanes) is 39. The van der Waals surface area contributed by atoms with Crippen molar-refractivity contribution >= 4 is 5.91 Å². The molecule has 0 saturated carbocycles. The monoisotopic (exact) mass is 1250 g/mol. The van der Waals surface area contributed by atoms with Crippen molar-refractivity contribution in [1.29, 1.82) is 0 Å². The number of hydrogen-bond acceptors (Lipinski definition) is 13. The predicted octanol–water partition coefficient (Wildman–Crippen LogP) is 15.2. The molecule has 1 amide bonds. The van der Waals surface area contributed by atoms with E-state index >= 15 is 0 Å². The molecule has 2 fully saturated rings. The molecular formula is C74H135NO13. The summed E-state index contributed by atoms with van der Waals surface area (Å²) in [5, 5.41) is 87.5. The number of aliphatic hydroxyl groups excluding tert-OH is 8. The largest absolute Gasteiger partial charge is 0.394 e. The lowest BCUT2D eigenvalue weighted by Gasteiger charge is -2.46. The van der Waals surface area contributed by atoms with Gasteiger partial charge in [-0.3, -0.25) is 4.79 Å². The van der Waals surface area contributed by atoms with Crippen LogP contribution in [0.15, 0.2) is 60.8 Å². The van der Waals surface area contributed by atoms with Crippen LogP contribution in [-0.4, -0.2) is 140 Å². The van der Waals surface area contributed by atoms with E-state index in [1.165, 1.54) is 218 Å². The van der Waals surface area contributed by atoms with Gasteiger partial charge in [-0.1, -0.05) is 306 Å². The Balaban J connectivity index is 1.61. The van der Waals surface area contributed by atoms with Gasteiger partial charge in [0, 0.05) is 6.42 Å². The standard InChI is InChI=1S/C74H135NO13/c1-3-5-7-9-11-13-15-17-19-21-23-24-25-26-27-28-29-30-31-32-33-34-35-36-37-38-40-42-44-46-48-50-52-54-56-58-66(79)75-62(63(78)57-55-53-51-49-47-45-43-41-39-22-20-18-16-14-12-10-8-6-4-2)61-85-73-71(84)69(82)72(65(60-77)87-73)88-74-70(83)68(81)67(80)64(59-76)86-74/h5,7,11,13,17,19,23-24,55,57,62-65,67-74,76-78,80-84H,3-4,6,8-10,12,14-16,18,20-22,25-54,56,58-61H2,1-2H3,(H,75,79)/b7-5-,13-11-,19-17-,24-23-,57-55+. The quantitative estimate of drug-likeness (QED) is 0.0204. The van der Waals surface area contributed by atoms with Crippen molar-refractivity contribution in [3.8, 4) is 0 Å². The number of allylic oxidation sites excluding steroid dienone is 9. The molecule has 0 bridgehead atoms. The highest BCUT2D eigenvalue weighted by Crippen LogP contribution is 2.30. The Kier molecular flexibility index (Phi) is 54.4. The van der Waals surface area contributed by atoms with Gasteiger partial charge in [-0.25, -0.2) is 0 Å². The maximum absolute atomic E-state index is 13.3. The Labute approximate surface area is 536 Å². The number of nitrogens with one attached hydrogen (secondary N) is 1. The van der Waals surface area contributed by atoms with Crippen molar-refractivity contribution in [1.82, 2.24) is 5.32 Å². The van der Waals surface area contributed by atoms with E-state index in [0.29, 0.717) is 6.42 Å². The van der Waals surface area contributed by atoms with E-state index in [1.54, 1.807) is 6.08 Å². The number of amides is 1. The van der Waals surface area contributed by atoms with Gasteiger partial charge in [-0.05, 0) is 57.8 Å². The molecule has 0 aromatic carbocycles. The van der Waals surface area contributed by atoms with E-state index < -0.39 is 86.8 Å². The number of carbonyl (C=O) groups excluding carboxylic acids is 1. The Morgan fingerprint density at radius 1 is 0.420 bits per heavy atom. The lowest BCUT2D eigenvalue weighted by molar-refractivity contribution is -0.359. The molecule has 0 aliphatic carbocycles. The van der Waals surface area contributed by atoms with E-state index in [0.717, 1.165) is 64.2 Å². The average molecular weight is 1250 g/mol. The maximum Gasteiger partial charge on any atom is 0.220 e. The molecule has 2 saturated heterocycles. The minimum Gasteiger partial charge on any atom is -0.394 e. The van der Waals surface area contributed by atoms with E-state index in [-0.39, 0.29) is 18.9 Å². The first kappa shape index (κ1) is 81.8. The lowest BCUT2D eigenvalue weighted by Crippen LogP contribution is -2.65. The van der Waals surface area contributed by atoms with Gasteiger partial charge in [-0.15, -0.1) is 0 Å². The zero-order valence-electron chi connectivity index (χ0n) is 56.0. The first-order chi connectivity index (χ1) is 43.1. The Morgan fingerprint density at radius 3 is 1.20 bits per heavy atom. The van der Waals surface area contributed by atoms with E-state index in [2.05, 4.69) is 67.8 Å². The van der Waals surface area contributed by atoms with Crippen LogP contribution in [0, 0.1) is 0 Å². The Hall–Kier alpha value is -2.31. The molecule has 2 aliphatic heterocycles. The summed E-state index contributed by atoms with van der Waals surface area (Å²) in [5.41, 5.74) is 0. The van der Waals surface area contributed by atoms with Crippen LogP contribution in [0.1, 0.15) is 309 Å². The first-order valence-electron chi connectivity index (χ1n) is 36.5. The third-order valence-electron chi connectivity index (χ3n) is 17.7. The molecule has 14 nitrogen and oxygen atoms in total. The number of carbonyl (C=O) groups is 1. The second-order valence-corrected chi connectivity index (χ2v) is 25.7. The molecule has 2 aliphatic rings. The van der Waals surface area contributed by atoms with Crippen molar-refractivity contribution in [2.45, 2.75) is 383 Å². The number of ether oxygens (including phenoxy) is 4. The minimum absolute atomic E-state index is 0.234. The molecule has 0 aromatic rings. The van der Waals surface area contributed by atoms with Gasteiger partial charge in [0.25, 0.3) is 0 Å². The van der Waals surface area contributed by atoms with Gasteiger partial charge in [0.1, 0.15) is 48.8 Å². The normalized spacial score (nSPS) is 23.5. The van der Waals surface area contributed by atoms with Crippen LogP contribution in [0.25, 0.3) is 0 Å². The average Bonchev–Trinajstić information content (AvgIpc) is 1.84. The first-order valence-corrected chi connectivity index (χ1v) is 36.5.